The highest BCUT2D eigenvalue weighted by atomic mass is 79.9. The summed E-state index contributed by atoms with van der Waals surface area (Å²) in [5.41, 5.74) is 6.23. The van der Waals surface area contributed by atoms with Gasteiger partial charge in [-0.3, -0.25) is 0 Å². The van der Waals surface area contributed by atoms with Crippen LogP contribution >= 0.6 is 15.9 Å². The Kier molecular flexibility index (Phi) is 2.36. The van der Waals surface area contributed by atoms with Gasteiger partial charge in [-0.2, -0.15) is 0 Å². The van der Waals surface area contributed by atoms with E-state index >= 15 is 0 Å². The zero-order chi connectivity index (χ0) is 11.0. The number of rotatable bonds is 1. The van der Waals surface area contributed by atoms with E-state index in [2.05, 4.69) is 15.9 Å². The van der Waals surface area contributed by atoms with Crippen molar-refractivity contribution < 1.29 is 9.90 Å². The highest BCUT2D eigenvalue weighted by Gasteiger charge is 2.11. The molecule has 2 rings (SSSR count). The molecule has 0 saturated heterocycles. The first kappa shape index (κ1) is 9.98. The van der Waals surface area contributed by atoms with Crippen molar-refractivity contribution in [3.63, 3.8) is 0 Å². The lowest BCUT2D eigenvalue weighted by Gasteiger charge is -2.06. The van der Waals surface area contributed by atoms with Crippen LogP contribution in [0, 0.1) is 0 Å². The molecule has 76 valence electrons. The minimum atomic E-state index is -1.01. The second kappa shape index (κ2) is 3.55. The zero-order valence-corrected chi connectivity index (χ0v) is 9.28. The Morgan fingerprint density at radius 2 is 1.93 bits per heavy atom. The second-order valence-electron chi connectivity index (χ2n) is 3.17. The van der Waals surface area contributed by atoms with Gasteiger partial charge in [-0.1, -0.05) is 34.1 Å². The van der Waals surface area contributed by atoms with Crippen molar-refractivity contribution in [2.24, 2.45) is 0 Å². The van der Waals surface area contributed by atoms with Gasteiger partial charge < -0.3 is 10.8 Å². The first-order chi connectivity index (χ1) is 7.11. The van der Waals surface area contributed by atoms with Crippen molar-refractivity contribution in [1.29, 1.82) is 0 Å². The van der Waals surface area contributed by atoms with E-state index < -0.39 is 5.97 Å². The fourth-order valence-electron chi connectivity index (χ4n) is 1.53. The van der Waals surface area contributed by atoms with E-state index in [9.17, 15) is 4.79 Å². The summed E-state index contributed by atoms with van der Waals surface area (Å²) in [6, 6.07) is 8.79. The lowest BCUT2D eigenvalue weighted by atomic mass is 10.0. The molecule has 4 heteroatoms. The van der Waals surface area contributed by atoms with E-state index in [4.69, 9.17) is 10.8 Å². The second-order valence-corrected chi connectivity index (χ2v) is 4.02. The lowest BCUT2D eigenvalue weighted by Crippen LogP contribution is -2.02. The molecule has 15 heavy (non-hydrogen) atoms. The quantitative estimate of drug-likeness (QED) is 0.780. The van der Waals surface area contributed by atoms with Gasteiger partial charge in [0.2, 0.25) is 0 Å². The molecule has 0 aromatic heterocycles. The molecule has 0 amide bonds. The maximum Gasteiger partial charge on any atom is 0.337 e. The molecule has 3 nitrogen and oxygen atoms in total. The van der Waals surface area contributed by atoms with Crippen LogP contribution in [0.2, 0.25) is 0 Å². The van der Waals surface area contributed by atoms with Crippen LogP contribution in [0.25, 0.3) is 10.8 Å². The summed E-state index contributed by atoms with van der Waals surface area (Å²) >= 11 is 3.39. The maximum absolute atomic E-state index is 10.9. The highest BCUT2D eigenvalue weighted by molar-refractivity contribution is 9.10. The summed E-state index contributed by atoms with van der Waals surface area (Å²) in [4.78, 5) is 10.9. The van der Waals surface area contributed by atoms with Crippen molar-refractivity contribution >= 4 is 38.4 Å². The third kappa shape index (κ3) is 1.57. The smallest absolute Gasteiger partial charge is 0.337 e. The Balaban J connectivity index is 2.86. The molecule has 2 aromatic rings. The van der Waals surface area contributed by atoms with Crippen molar-refractivity contribution in [1.82, 2.24) is 0 Å². The number of hydrogen-bond acceptors (Lipinski definition) is 2. The van der Waals surface area contributed by atoms with E-state index in [0.29, 0.717) is 5.69 Å². The summed E-state index contributed by atoms with van der Waals surface area (Å²) in [5, 5.41) is 10.6. The molecule has 0 bridgehead atoms. The van der Waals surface area contributed by atoms with E-state index in [-0.39, 0.29) is 5.56 Å². The molecule has 0 fully saturated rings. The molecule has 3 N–H and O–H groups in total. The minimum absolute atomic E-state index is 0.139. The fourth-order valence-corrected chi connectivity index (χ4v) is 2.03. The van der Waals surface area contributed by atoms with E-state index in [1.807, 2.05) is 18.2 Å². The number of hydrogen-bond donors (Lipinski definition) is 2. The van der Waals surface area contributed by atoms with Crippen LogP contribution in [-0.4, -0.2) is 11.1 Å². The van der Waals surface area contributed by atoms with Gasteiger partial charge in [0.1, 0.15) is 0 Å². The number of carboxylic acid groups (broad SMARTS) is 1. The Labute approximate surface area is 94.6 Å². The number of halogens is 1. The molecular formula is C11H8BrNO2. The van der Waals surface area contributed by atoms with Gasteiger partial charge >= 0.3 is 5.97 Å². The predicted molar refractivity (Wildman–Crippen MR) is 63.0 cm³/mol. The molecule has 0 aliphatic rings. The summed E-state index contributed by atoms with van der Waals surface area (Å²) in [5.74, 6) is -1.01. The number of nitrogens with two attached hydrogens (primary N) is 1. The number of carbonyl (C=O) groups is 1. The van der Waals surface area contributed by atoms with Crippen molar-refractivity contribution in [2.75, 3.05) is 5.73 Å². The van der Waals surface area contributed by atoms with Crippen LogP contribution in [-0.2, 0) is 0 Å². The van der Waals surface area contributed by atoms with Crippen LogP contribution in [0.5, 0.6) is 0 Å². The third-order valence-electron chi connectivity index (χ3n) is 2.28. The highest BCUT2D eigenvalue weighted by Crippen LogP contribution is 2.30. The summed E-state index contributed by atoms with van der Waals surface area (Å²) in [6.07, 6.45) is 0. The zero-order valence-electron chi connectivity index (χ0n) is 7.70. The molecule has 0 heterocycles. The Bertz CT molecular complexity index is 552. The molecule has 0 spiro atoms. The molecule has 0 unspecified atom stereocenters. The molecule has 0 atom stereocenters. The standard InChI is InChI=1S/C11H8BrNO2/c12-9-3-1-2-7-6(9)4-5-8(10(7)13)11(14)15/h1-5H,13H2,(H,14,15). The number of aromatic carboxylic acids is 1. The molecule has 2 aromatic carbocycles. The minimum Gasteiger partial charge on any atom is -0.478 e. The van der Waals surface area contributed by atoms with Crippen LogP contribution in [0.15, 0.2) is 34.8 Å². The van der Waals surface area contributed by atoms with Gasteiger partial charge in [0.25, 0.3) is 0 Å². The first-order valence-corrected chi connectivity index (χ1v) is 5.10. The largest absolute Gasteiger partial charge is 0.478 e. The number of carboxylic acids is 1. The van der Waals surface area contributed by atoms with Gasteiger partial charge in [-0.05, 0) is 17.5 Å². The molecule has 0 aliphatic carbocycles. The molecular weight excluding hydrogens is 258 g/mol. The van der Waals surface area contributed by atoms with Gasteiger partial charge in [0.05, 0.1) is 11.3 Å². The first-order valence-electron chi connectivity index (χ1n) is 4.31. The average Bonchev–Trinajstić information content (AvgIpc) is 2.19. The van der Waals surface area contributed by atoms with Crippen molar-refractivity contribution in [3.8, 4) is 0 Å². The average molecular weight is 266 g/mol. The third-order valence-corrected chi connectivity index (χ3v) is 2.97. The van der Waals surface area contributed by atoms with Crippen LogP contribution < -0.4 is 5.73 Å². The van der Waals surface area contributed by atoms with Gasteiger partial charge in [-0.25, -0.2) is 4.79 Å². The van der Waals surface area contributed by atoms with Gasteiger partial charge in [0.15, 0.2) is 0 Å². The van der Waals surface area contributed by atoms with Crippen LogP contribution in [0.4, 0.5) is 5.69 Å². The number of benzene rings is 2. The topological polar surface area (TPSA) is 63.3 Å². The van der Waals surface area contributed by atoms with Gasteiger partial charge in [0, 0.05) is 9.86 Å². The van der Waals surface area contributed by atoms with Gasteiger partial charge in [-0.15, -0.1) is 0 Å². The Morgan fingerprint density at radius 3 is 2.60 bits per heavy atom. The van der Waals surface area contributed by atoms with E-state index in [1.165, 1.54) is 6.07 Å². The van der Waals surface area contributed by atoms with Crippen LogP contribution in [0.3, 0.4) is 0 Å². The van der Waals surface area contributed by atoms with Crippen molar-refractivity contribution in [3.05, 3.63) is 40.4 Å². The predicted octanol–water partition coefficient (Wildman–Crippen LogP) is 2.88. The summed E-state index contributed by atoms with van der Waals surface area (Å²) in [6.45, 7) is 0. The number of nitrogen functional groups attached to an aromatic ring is 1. The number of fused-ring (bicyclic) bond motifs is 1. The maximum atomic E-state index is 10.9. The monoisotopic (exact) mass is 265 g/mol. The van der Waals surface area contributed by atoms with E-state index in [1.54, 1.807) is 6.07 Å². The summed E-state index contributed by atoms with van der Waals surface area (Å²) in [7, 11) is 0. The van der Waals surface area contributed by atoms with Crippen LogP contribution in [0.1, 0.15) is 10.4 Å². The molecule has 0 radical (unpaired) electrons. The summed E-state index contributed by atoms with van der Waals surface area (Å²) < 4.78 is 0.906. The molecule has 0 saturated carbocycles. The SMILES string of the molecule is Nc1c(C(=O)O)ccc2c(Br)cccc12. The molecule has 0 aliphatic heterocycles. The lowest BCUT2D eigenvalue weighted by molar-refractivity contribution is 0.0698. The van der Waals surface area contributed by atoms with E-state index in [0.717, 1.165) is 15.2 Å². The Hall–Kier alpha value is -1.55. The fraction of sp³-hybridized carbons (Fsp3) is 0. The number of anilines is 1. The van der Waals surface area contributed by atoms with Crippen molar-refractivity contribution in [2.45, 2.75) is 0 Å². The Morgan fingerprint density at radius 1 is 1.20 bits per heavy atom. The normalized spacial score (nSPS) is 10.5.